The number of fused-ring (bicyclic) bond motifs is 1. The number of ether oxygens (including phenoxy) is 3. The predicted molar refractivity (Wildman–Crippen MR) is 86.6 cm³/mol. The lowest BCUT2D eigenvalue weighted by atomic mass is 10.3. The molecule has 7 heteroatoms. The zero-order valence-electron chi connectivity index (χ0n) is 14.0. The first kappa shape index (κ1) is 17.8. The van der Waals surface area contributed by atoms with E-state index in [1.165, 1.54) is 6.92 Å². The van der Waals surface area contributed by atoms with E-state index in [0.717, 1.165) is 19.3 Å². The molecule has 0 atom stereocenters. The number of hydrogen-bond acceptors (Lipinski definition) is 6. The van der Waals surface area contributed by atoms with Crippen LogP contribution in [0.1, 0.15) is 38.8 Å². The van der Waals surface area contributed by atoms with Crippen LogP contribution in [0.25, 0.3) is 5.65 Å². The molecule has 0 aliphatic rings. The van der Waals surface area contributed by atoms with Gasteiger partial charge in [0.25, 0.3) is 0 Å². The Balaban J connectivity index is 1.95. The van der Waals surface area contributed by atoms with Crippen LogP contribution in [-0.2, 0) is 25.7 Å². The first-order valence-corrected chi connectivity index (χ1v) is 7.98. The fourth-order valence-corrected chi connectivity index (χ4v) is 2.11. The number of hydrogen-bond donors (Lipinski definition) is 0. The standard InChI is InChI=1S/C17H22N2O5/c1-3-4-5-9-22-15-7-6-8-19-10-14(18-17(15)19)11-24-16(21)12-23-13(2)20/h6-8,10H,3-5,9,11-12H2,1-2H3. The number of imidazole rings is 1. The Bertz CT molecular complexity index is 695. The van der Waals surface area contributed by atoms with Gasteiger partial charge in [-0.25, -0.2) is 9.78 Å². The molecule has 0 spiro atoms. The summed E-state index contributed by atoms with van der Waals surface area (Å²) in [5.74, 6) is -0.436. The third kappa shape index (κ3) is 5.26. The van der Waals surface area contributed by atoms with Gasteiger partial charge in [-0.05, 0) is 18.6 Å². The summed E-state index contributed by atoms with van der Waals surface area (Å²) in [5.41, 5.74) is 1.27. The van der Waals surface area contributed by atoms with Crippen molar-refractivity contribution in [2.45, 2.75) is 39.7 Å². The van der Waals surface area contributed by atoms with Crippen LogP contribution < -0.4 is 4.74 Å². The maximum absolute atomic E-state index is 11.4. The van der Waals surface area contributed by atoms with E-state index in [1.807, 2.05) is 22.7 Å². The van der Waals surface area contributed by atoms with Crippen LogP contribution in [0.2, 0.25) is 0 Å². The van der Waals surface area contributed by atoms with Crippen molar-refractivity contribution in [3.8, 4) is 5.75 Å². The van der Waals surface area contributed by atoms with Gasteiger partial charge >= 0.3 is 11.9 Å². The molecule has 0 N–H and O–H groups in total. The summed E-state index contributed by atoms with van der Waals surface area (Å²) in [6, 6.07) is 3.74. The molecule has 0 fully saturated rings. The van der Waals surface area contributed by atoms with Crippen molar-refractivity contribution in [3.05, 3.63) is 30.2 Å². The van der Waals surface area contributed by atoms with Gasteiger partial charge in [-0.2, -0.15) is 0 Å². The zero-order valence-corrected chi connectivity index (χ0v) is 14.0. The maximum atomic E-state index is 11.4. The molecule has 0 bridgehead atoms. The number of unbranched alkanes of at least 4 members (excludes halogenated alkanes) is 2. The van der Waals surface area contributed by atoms with Crippen LogP contribution in [0, 0.1) is 0 Å². The summed E-state index contributed by atoms with van der Waals surface area (Å²) in [7, 11) is 0. The summed E-state index contributed by atoms with van der Waals surface area (Å²) >= 11 is 0. The molecule has 130 valence electrons. The van der Waals surface area contributed by atoms with Crippen molar-refractivity contribution in [2.24, 2.45) is 0 Å². The Labute approximate surface area is 140 Å². The fourth-order valence-electron chi connectivity index (χ4n) is 2.11. The van der Waals surface area contributed by atoms with E-state index in [9.17, 15) is 9.59 Å². The summed E-state index contributed by atoms with van der Waals surface area (Å²) in [5, 5.41) is 0. The van der Waals surface area contributed by atoms with E-state index in [4.69, 9.17) is 9.47 Å². The highest BCUT2D eigenvalue weighted by atomic mass is 16.6. The van der Waals surface area contributed by atoms with Crippen molar-refractivity contribution in [1.82, 2.24) is 9.38 Å². The number of carbonyl (C=O) groups is 2. The molecule has 0 radical (unpaired) electrons. The smallest absolute Gasteiger partial charge is 0.344 e. The predicted octanol–water partition coefficient (Wildman–Crippen LogP) is 2.51. The van der Waals surface area contributed by atoms with E-state index in [2.05, 4.69) is 16.6 Å². The SMILES string of the molecule is CCCCCOc1cccn2cc(COC(=O)COC(C)=O)nc12. The van der Waals surface area contributed by atoms with Crippen molar-refractivity contribution in [1.29, 1.82) is 0 Å². The van der Waals surface area contributed by atoms with Crippen LogP contribution in [-0.4, -0.2) is 34.5 Å². The average Bonchev–Trinajstić information content (AvgIpc) is 2.98. The zero-order chi connectivity index (χ0) is 17.4. The Hall–Kier alpha value is -2.57. The lowest BCUT2D eigenvalue weighted by Gasteiger charge is -2.06. The van der Waals surface area contributed by atoms with Crippen molar-refractivity contribution in [3.63, 3.8) is 0 Å². The van der Waals surface area contributed by atoms with Crippen LogP contribution in [0.5, 0.6) is 5.75 Å². The van der Waals surface area contributed by atoms with Crippen molar-refractivity contribution >= 4 is 17.6 Å². The van der Waals surface area contributed by atoms with Crippen LogP contribution in [0.4, 0.5) is 0 Å². The largest absolute Gasteiger partial charge is 0.490 e. The molecule has 7 nitrogen and oxygen atoms in total. The normalized spacial score (nSPS) is 10.6. The molecule has 0 aliphatic carbocycles. The first-order valence-electron chi connectivity index (χ1n) is 7.98. The number of esters is 2. The van der Waals surface area contributed by atoms with Crippen LogP contribution in [0.3, 0.4) is 0 Å². The van der Waals surface area contributed by atoms with Gasteiger partial charge in [0.05, 0.1) is 12.3 Å². The summed E-state index contributed by atoms with van der Waals surface area (Å²) in [4.78, 5) is 26.5. The van der Waals surface area contributed by atoms with Crippen LogP contribution >= 0.6 is 0 Å². The highest BCUT2D eigenvalue weighted by molar-refractivity contribution is 5.75. The summed E-state index contributed by atoms with van der Waals surface area (Å²) in [6.45, 7) is 3.64. The number of pyridine rings is 1. The monoisotopic (exact) mass is 334 g/mol. The average molecular weight is 334 g/mol. The number of carbonyl (C=O) groups excluding carboxylic acids is 2. The second-order valence-corrected chi connectivity index (χ2v) is 5.33. The van der Waals surface area contributed by atoms with Gasteiger partial charge in [-0.1, -0.05) is 19.8 Å². The first-order chi connectivity index (χ1) is 11.6. The Kier molecular flexibility index (Phi) is 6.60. The minimum Gasteiger partial charge on any atom is -0.490 e. The van der Waals surface area contributed by atoms with E-state index in [1.54, 1.807) is 6.20 Å². The fraction of sp³-hybridized carbons (Fsp3) is 0.471. The van der Waals surface area contributed by atoms with E-state index >= 15 is 0 Å². The minimum atomic E-state index is -0.613. The highest BCUT2D eigenvalue weighted by Crippen LogP contribution is 2.19. The summed E-state index contributed by atoms with van der Waals surface area (Å²) in [6.07, 6.45) is 6.89. The second-order valence-electron chi connectivity index (χ2n) is 5.33. The van der Waals surface area contributed by atoms with E-state index in [-0.39, 0.29) is 6.61 Å². The lowest BCUT2D eigenvalue weighted by Crippen LogP contribution is -2.14. The molecule has 2 heterocycles. The van der Waals surface area contributed by atoms with Gasteiger partial charge < -0.3 is 18.6 Å². The molecule has 0 unspecified atom stereocenters. The van der Waals surface area contributed by atoms with Gasteiger partial charge in [0.2, 0.25) is 0 Å². The van der Waals surface area contributed by atoms with Gasteiger partial charge in [0, 0.05) is 19.3 Å². The molecular weight excluding hydrogens is 312 g/mol. The Morgan fingerprint density at radius 1 is 1.25 bits per heavy atom. The molecular formula is C17H22N2O5. The third-order valence-corrected chi connectivity index (χ3v) is 3.28. The minimum absolute atomic E-state index is 0.0110. The van der Waals surface area contributed by atoms with Crippen molar-refractivity contribution < 1.29 is 23.8 Å². The molecule has 2 aromatic heterocycles. The molecule has 24 heavy (non-hydrogen) atoms. The molecule has 0 amide bonds. The second kappa shape index (κ2) is 8.90. The molecule has 2 aromatic rings. The quantitative estimate of drug-likeness (QED) is 0.518. The summed E-state index contributed by atoms with van der Waals surface area (Å²) < 4.78 is 17.2. The number of aromatic nitrogens is 2. The lowest BCUT2D eigenvalue weighted by molar-refractivity contribution is -0.158. The highest BCUT2D eigenvalue weighted by Gasteiger charge is 2.10. The molecule has 0 aliphatic heterocycles. The van der Waals surface area contributed by atoms with Gasteiger partial charge in [0.1, 0.15) is 6.61 Å². The van der Waals surface area contributed by atoms with Crippen molar-refractivity contribution in [2.75, 3.05) is 13.2 Å². The Morgan fingerprint density at radius 2 is 2.08 bits per heavy atom. The molecule has 2 rings (SSSR count). The van der Waals surface area contributed by atoms with E-state index in [0.29, 0.717) is 23.7 Å². The van der Waals surface area contributed by atoms with Gasteiger partial charge in [-0.15, -0.1) is 0 Å². The maximum Gasteiger partial charge on any atom is 0.344 e. The number of nitrogens with zero attached hydrogens (tertiary/aromatic N) is 2. The van der Waals surface area contributed by atoms with Crippen LogP contribution in [0.15, 0.2) is 24.5 Å². The van der Waals surface area contributed by atoms with E-state index < -0.39 is 18.5 Å². The molecule has 0 aromatic carbocycles. The number of rotatable bonds is 9. The third-order valence-electron chi connectivity index (χ3n) is 3.28. The Morgan fingerprint density at radius 3 is 2.83 bits per heavy atom. The topological polar surface area (TPSA) is 79.1 Å². The van der Waals surface area contributed by atoms with Gasteiger partial charge in [0.15, 0.2) is 18.0 Å². The molecule has 0 saturated carbocycles. The molecule has 0 saturated heterocycles. The van der Waals surface area contributed by atoms with Gasteiger partial charge in [-0.3, -0.25) is 4.79 Å².